The van der Waals surface area contributed by atoms with Gasteiger partial charge in [0.05, 0.1) is 5.69 Å². The van der Waals surface area contributed by atoms with Gasteiger partial charge in [-0.15, -0.1) is 0 Å². The maximum Gasteiger partial charge on any atom is 0.0540 e. The Morgan fingerprint density at radius 1 is 0.265 bits per heavy atom. The number of para-hydroxylation sites is 1. The van der Waals surface area contributed by atoms with Crippen molar-refractivity contribution < 1.29 is 0 Å². The molecule has 9 aromatic carbocycles. The Balaban J connectivity index is 1.19. The lowest BCUT2D eigenvalue weighted by atomic mass is 9.96. The average Bonchev–Trinajstić information content (AvgIpc) is 3.19. The first kappa shape index (κ1) is 28.8. The lowest BCUT2D eigenvalue weighted by Gasteiger charge is -2.28. The Kier molecular flexibility index (Phi) is 7.22. The summed E-state index contributed by atoms with van der Waals surface area (Å²) < 4.78 is 0. The van der Waals surface area contributed by atoms with Crippen molar-refractivity contribution in [3.05, 3.63) is 200 Å². The van der Waals surface area contributed by atoms with E-state index in [0.717, 1.165) is 17.1 Å². The first-order valence-electron chi connectivity index (χ1n) is 16.8. The zero-order chi connectivity index (χ0) is 32.6. The largest absolute Gasteiger partial charge is 0.310 e. The lowest BCUT2D eigenvalue weighted by Crippen LogP contribution is -2.11. The maximum atomic E-state index is 2.40. The van der Waals surface area contributed by atoms with Crippen LogP contribution in [-0.4, -0.2) is 0 Å². The van der Waals surface area contributed by atoms with Crippen LogP contribution in [0.4, 0.5) is 17.1 Å². The smallest absolute Gasteiger partial charge is 0.0540 e. The molecule has 0 aromatic heterocycles. The van der Waals surface area contributed by atoms with Crippen molar-refractivity contribution in [3.63, 3.8) is 0 Å². The van der Waals surface area contributed by atoms with E-state index < -0.39 is 0 Å². The molecule has 1 nitrogen and oxygen atoms in total. The van der Waals surface area contributed by atoms with E-state index >= 15 is 0 Å². The molecule has 9 aromatic rings. The molecule has 0 atom stereocenters. The summed E-state index contributed by atoms with van der Waals surface area (Å²) in [4.78, 5) is 2.40. The summed E-state index contributed by atoms with van der Waals surface area (Å²) in [7, 11) is 0. The predicted octanol–water partition coefficient (Wildman–Crippen LogP) is 13.6. The summed E-state index contributed by atoms with van der Waals surface area (Å²) in [6, 6.07) is 72.4. The minimum absolute atomic E-state index is 1.11. The van der Waals surface area contributed by atoms with Gasteiger partial charge in [0, 0.05) is 16.9 Å². The lowest BCUT2D eigenvalue weighted by molar-refractivity contribution is 1.29. The Hall–Kier alpha value is -6.44. The minimum atomic E-state index is 1.11. The number of hydrogen-bond acceptors (Lipinski definition) is 1. The standard InChI is InChI=1S/C48H33N/c1-3-11-34(12-4-1)36-19-21-39(22-20-36)45-17-9-10-18-48(45)49(41-27-23-37(24-28-41)35-13-5-2-6-14-35)42-29-32-44-40(33-42)26-31-46-43-16-8-7-15-38(43)25-30-47(44)46/h1-33H. The third-order valence-corrected chi connectivity index (χ3v) is 9.66. The van der Waals surface area contributed by atoms with Crippen molar-refractivity contribution in [3.8, 4) is 33.4 Å². The van der Waals surface area contributed by atoms with Crippen molar-refractivity contribution in [2.75, 3.05) is 4.90 Å². The molecule has 9 rings (SSSR count). The van der Waals surface area contributed by atoms with E-state index in [1.165, 1.54) is 65.7 Å². The van der Waals surface area contributed by atoms with Gasteiger partial charge in [-0.1, -0.05) is 170 Å². The Morgan fingerprint density at radius 2 is 0.735 bits per heavy atom. The molecule has 49 heavy (non-hydrogen) atoms. The van der Waals surface area contributed by atoms with Crippen LogP contribution in [0.2, 0.25) is 0 Å². The third-order valence-electron chi connectivity index (χ3n) is 9.66. The highest BCUT2D eigenvalue weighted by Crippen LogP contribution is 2.43. The fraction of sp³-hybridized carbons (Fsp3) is 0. The molecule has 0 radical (unpaired) electrons. The van der Waals surface area contributed by atoms with E-state index in [-0.39, 0.29) is 0 Å². The molecule has 0 spiro atoms. The van der Waals surface area contributed by atoms with Gasteiger partial charge in [-0.3, -0.25) is 0 Å². The predicted molar refractivity (Wildman–Crippen MR) is 210 cm³/mol. The molecule has 0 aliphatic carbocycles. The Labute approximate surface area is 287 Å². The molecular weight excluding hydrogens is 591 g/mol. The molecule has 0 saturated heterocycles. The fourth-order valence-electron chi connectivity index (χ4n) is 7.20. The van der Waals surface area contributed by atoms with Crippen LogP contribution >= 0.6 is 0 Å². The first-order valence-corrected chi connectivity index (χ1v) is 16.8. The molecule has 0 amide bonds. The normalized spacial score (nSPS) is 11.3. The van der Waals surface area contributed by atoms with Gasteiger partial charge in [0.15, 0.2) is 0 Å². The molecule has 0 heterocycles. The van der Waals surface area contributed by atoms with E-state index in [1.54, 1.807) is 0 Å². The quantitative estimate of drug-likeness (QED) is 0.167. The van der Waals surface area contributed by atoms with Gasteiger partial charge in [-0.25, -0.2) is 0 Å². The van der Waals surface area contributed by atoms with Crippen LogP contribution in [0.25, 0.3) is 65.7 Å². The van der Waals surface area contributed by atoms with Crippen molar-refractivity contribution in [1.82, 2.24) is 0 Å². The van der Waals surface area contributed by atoms with Crippen molar-refractivity contribution >= 4 is 49.4 Å². The van der Waals surface area contributed by atoms with Gasteiger partial charge in [0.1, 0.15) is 0 Å². The Bertz CT molecular complexity index is 2570. The zero-order valence-corrected chi connectivity index (χ0v) is 27.0. The molecule has 0 unspecified atom stereocenters. The van der Waals surface area contributed by atoms with Crippen LogP contribution in [0.5, 0.6) is 0 Å². The van der Waals surface area contributed by atoms with Crippen molar-refractivity contribution in [2.24, 2.45) is 0 Å². The van der Waals surface area contributed by atoms with Crippen molar-refractivity contribution in [1.29, 1.82) is 0 Å². The van der Waals surface area contributed by atoms with Gasteiger partial charge in [0.2, 0.25) is 0 Å². The molecule has 0 N–H and O–H groups in total. The average molecular weight is 624 g/mol. The van der Waals surface area contributed by atoms with Crippen LogP contribution in [0.15, 0.2) is 200 Å². The van der Waals surface area contributed by atoms with Gasteiger partial charge in [0.25, 0.3) is 0 Å². The Morgan fingerprint density at radius 3 is 1.43 bits per heavy atom. The topological polar surface area (TPSA) is 3.24 Å². The molecule has 1 heteroatoms. The number of anilines is 3. The summed E-state index contributed by atoms with van der Waals surface area (Å²) in [6.45, 7) is 0. The fourth-order valence-corrected chi connectivity index (χ4v) is 7.20. The van der Waals surface area contributed by atoms with Crippen LogP contribution in [0.3, 0.4) is 0 Å². The summed E-state index contributed by atoms with van der Waals surface area (Å²) >= 11 is 0. The number of nitrogens with zero attached hydrogens (tertiary/aromatic N) is 1. The zero-order valence-electron chi connectivity index (χ0n) is 27.0. The van der Waals surface area contributed by atoms with Crippen LogP contribution < -0.4 is 4.90 Å². The molecule has 0 bridgehead atoms. The summed E-state index contributed by atoms with van der Waals surface area (Å²) in [5, 5.41) is 7.60. The monoisotopic (exact) mass is 623 g/mol. The number of rotatable bonds is 6. The van der Waals surface area contributed by atoms with Crippen LogP contribution in [-0.2, 0) is 0 Å². The first-order chi connectivity index (χ1) is 24.3. The second kappa shape index (κ2) is 12.3. The van der Waals surface area contributed by atoms with Crippen molar-refractivity contribution in [2.45, 2.75) is 0 Å². The number of fused-ring (bicyclic) bond motifs is 5. The molecule has 0 aliphatic rings. The molecule has 230 valence electrons. The summed E-state index contributed by atoms with van der Waals surface area (Å²) in [5.74, 6) is 0. The molecular formula is C48H33N. The molecule has 0 fully saturated rings. The summed E-state index contributed by atoms with van der Waals surface area (Å²) in [5.41, 5.74) is 10.6. The second-order valence-corrected chi connectivity index (χ2v) is 12.6. The third kappa shape index (κ3) is 5.32. The van der Waals surface area contributed by atoms with E-state index in [9.17, 15) is 0 Å². The molecule has 0 aliphatic heterocycles. The van der Waals surface area contributed by atoms with Gasteiger partial charge < -0.3 is 4.90 Å². The van der Waals surface area contributed by atoms with Gasteiger partial charge in [-0.05, 0) is 90.5 Å². The maximum absolute atomic E-state index is 2.40. The molecule has 0 saturated carbocycles. The van der Waals surface area contributed by atoms with E-state index in [0.29, 0.717) is 0 Å². The van der Waals surface area contributed by atoms with E-state index in [1.807, 2.05) is 0 Å². The SMILES string of the molecule is c1ccc(-c2ccc(-c3ccccc3N(c3ccc(-c4ccccc4)cc3)c3ccc4c(ccc5c6ccccc6ccc45)c3)cc2)cc1. The summed E-state index contributed by atoms with van der Waals surface area (Å²) in [6.07, 6.45) is 0. The highest BCUT2D eigenvalue weighted by Gasteiger charge is 2.18. The van der Waals surface area contributed by atoms with Crippen LogP contribution in [0.1, 0.15) is 0 Å². The highest BCUT2D eigenvalue weighted by molar-refractivity contribution is 6.17. The number of hydrogen-bond donors (Lipinski definition) is 0. The minimum Gasteiger partial charge on any atom is -0.310 e. The van der Waals surface area contributed by atoms with Gasteiger partial charge in [-0.2, -0.15) is 0 Å². The highest BCUT2D eigenvalue weighted by atomic mass is 15.1. The number of benzene rings is 9. The van der Waals surface area contributed by atoms with E-state index in [4.69, 9.17) is 0 Å². The van der Waals surface area contributed by atoms with Gasteiger partial charge >= 0.3 is 0 Å². The van der Waals surface area contributed by atoms with Crippen LogP contribution in [0, 0.1) is 0 Å². The van der Waals surface area contributed by atoms with E-state index in [2.05, 4.69) is 205 Å². The second-order valence-electron chi connectivity index (χ2n) is 12.6.